The van der Waals surface area contributed by atoms with E-state index in [0.29, 0.717) is 39.2 Å². The third kappa shape index (κ3) is 4.84. The first kappa shape index (κ1) is 26.4. The summed E-state index contributed by atoms with van der Waals surface area (Å²) < 4.78 is 11.1. The van der Waals surface area contributed by atoms with Crippen LogP contribution in [0.4, 0.5) is 5.69 Å². The van der Waals surface area contributed by atoms with Crippen molar-refractivity contribution in [2.75, 3.05) is 18.1 Å². The Labute approximate surface area is 224 Å². The summed E-state index contributed by atoms with van der Waals surface area (Å²) in [5, 5.41) is 22.4. The molecule has 3 aromatic carbocycles. The van der Waals surface area contributed by atoms with Crippen molar-refractivity contribution in [2.45, 2.75) is 26.8 Å². The number of carbonyl (C=O) groups is 2. The molecule has 0 aromatic heterocycles. The van der Waals surface area contributed by atoms with Gasteiger partial charge in [-0.3, -0.25) is 14.5 Å². The minimum atomic E-state index is -1.04. The fourth-order valence-corrected chi connectivity index (χ4v) is 4.64. The van der Waals surface area contributed by atoms with E-state index in [-0.39, 0.29) is 29.2 Å². The normalized spacial score (nSPS) is 16.8. The van der Waals surface area contributed by atoms with E-state index in [9.17, 15) is 19.8 Å². The van der Waals surface area contributed by atoms with Gasteiger partial charge in [0.1, 0.15) is 11.5 Å². The zero-order valence-corrected chi connectivity index (χ0v) is 21.9. The lowest BCUT2D eigenvalue weighted by Gasteiger charge is -2.27. The third-order valence-corrected chi connectivity index (χ3v) is 6.77. The first-order valence-corrected chi connectivity index (χ1v) is 12.4. The average molecular weight is 542 g/mol. The zero-order chi connectivity index (χ0) is 26.9. The van der Waals surface area contributed by atoms with Crippen molar-refractivity contribution in [1.29, 1.82) is 0 Å². The predicted molar refractivity (Wildman–Crippen MR) is 143 cm³/mol. The number of nitrogens with zero attached hydrogens (tertiary/aromatic N) is 1. The lowest BCUT2D eigenvalue weighted by Crippen LogP contribution is -2.30. The van der Waals surface area contributed by atoms with Gasteiger partial charge in [0.25, 0.3) is 11.7 Å². The molecule has 0 radical (unpaired) electrons. The SMILES string of the molecule is CCOc1cc(C2/C(=C(\O)c3ccc(Cl)c(OCC)c3)C(=O)C(=O)N2c2cccc(Cl)c2C)ccc1O. The summed E-state index contributed by atoms with van der Waals surface area (Å²) >= 11 is 12.6. The Morgan fingerprint density at radius 2 is 1.65 bits per heavy atom. The first-order valence-electron chi connectivity index (χ1n) is 11.6. The van der Waals surface area contributed by atoms with Crippen molar-refractivity contribution < 1.29 is 29.3 Å². The standard InChI is InChI=1S/C28H25Cl2NO6/c1-4-36-22-14-17(9-11-19(22)30)26(33)24-25(16-10-12-21(32)23(13-16)37-5-2)31(28(35)27(24)34)20-8-6-7-18(29)15(20)3/h6-14,25,32-33H,4-5H2,1-3H3/b26-24+. The molecule has 1 amide bonds. The quantitative estimate of drug-likeness (QED) is 0.203. The summed E-state index contributed by atoms with van der Waals surface area (Å²) in [7, 11) is 0. The maximum Gasteiger partial charge on any atom is 0.300 e. The van der Waals surface area contributed by atoms with Gasteiger partial charge in [0.15, 0.2) is 11.5 Å². The number of hydrogen-bond donors (Lipinski definition) is 2. The number of ether oxygens (including phenoxy) is 2. The fraction of sp³-hybridized carbons (Fsp3) is 0.214. The monoisotopic (exact) mass is 541 g/mol. The van der Waals surface area contributed by atoms with Crippen LogP contribution in [0.15, 0.2) is 60.2 Å². The van der Waals surface area contributed by atoms with Crippen LogP contribution in [0.5, 0.6) is 17.2 Å². The number of aliphatic hydroxyl groups is 1. The number of carbonyl (C=O) groups excluding carboxylic acids is 2. The van der Waals surface area contributed by atoms with E-state index in [1.165, 1.54) is 23.1 Å². The van der Waals surface area contributed by atoms with E-state index >= 15 is 0 Å². The summed E-state index contributed by atoms with van der Waals surface area (Å²) in [5.74, 6) is -1.69. The number of benzene rings is 3. The summed E-state index contributed by atoms with van der Waals surface area (Å²) in [6.07, 6.45) is 0. The Morgan fingerprint density at radius 1 is 0.946 bits per heavy atom. The summed E-state index contributed by atoms with van der Waals surface area (Å²) in [5.41, 5.74) is 1.56. The van der Waals surface area contributed by atoms with E-state index in [1.807, 2.05) is 0 Å². The molecule has 7 nitrogen and oxygen atoms in total. The molecular formula is C28H25Cl2NO6. The third-order valence-electron chi connectivity index (χ3n) is 6.05. The minimum Gasteiger partial charge on any atom is -0.507 e. The van der Waals surface area contributed by atoms with Gasteiger partial charge in [0.05, 0.1) is 29.9 Å². The highest BCUT2D eigenvalue weighted by Gasteiger charge is 2.47. The van der Waals surface area contributed by atoms with Crippen LogP contribution in [0.3, 0.4) is 0 Å². The molecule has 1 aliphatic heterocycles. The van der Waals surface area contributed by atoms with Crippen LogP contribution in [-0.2, 0) is 9.59 Å². The van der Waals surface area contributed by atoms with Gasteiger partial charge in [-0.05, 0) is 74.4 Å². The molecule has 4 rings (SSSR count). The summed E-state index contributed by atoms with van der Waals surface area (Å²) in [6.45, 7) is 5.93. The van der Waals surface area contributed by atoms with Crippen LogP contribution in [0, 0.1) is 6.92 Å². The molecule has 3 aromatic rings. The second-order valence-corrected chi connectivity index (χ2v) is 9.11. The molecule has 0 spiro atoms. The molecule has 0 bridgehead atoms. The molecule has 9 heteroatoms. The Bertz CT molecular complexity index is 1420. The number of hydrogen-bond acceptors (Lipinski definition) is 6. The summed E-state index contributed by atoms with van der Waals surface area (Å²) in [6, 6.07) is 13.1. The number of aromatic hydroxyl groups is 1. The highest BCUT2D eigenvalue weighted by atomic mass is 35.5. The molecule has 37 heavy (non-hydrogen) atoms. The number of halogens is 2. The Hall–Kier alpha value is -3.68. The Balaban J connectivity index is 1.99. The predicted octanol–water partition coefficient (Wildman–Crippen LogP) is 6.43. The molecule has 1 saturated heterocycles. The van der Waals surface area contributed by atoms with E-state index in [2.05, 4.69) is 0 Å². The molecule has 1 fully saturated rings. The van der Waals surface area contributed by atoms with Gasteiger partial charge >= 0.3 is 0 Å². The van der Waals surface area contributed by atoms with E-state index in [0.717, 1.165) is 0 Å². The van der Waals surface area contributed by atoms with Crippen molar-refractivity contribution >= 4 is 46.3 Å². The molecule has 2 N–H and O–H groups in total. The van der Waals surface area contributed by atoms with Crippen LogP contribution >= 0.6 is 23.2 Å². The largest absolute Gasteiger partial charge is 0.507 e. The molecule has 1 unspecified atom stereocenters. The average Bonchev–Trinajstić information content (AvgIpc) is 3.13. The molecule has 0 aliphatic carbocycles. The molecule has 0 saturated carbocycles. The lowest BCUT2D eigenvalue weighted by atomic mass is 9.94. The number of phenols is 1. The maximum absolute atomic E-state index is 13.5. The summed E-state index contributed by atoms with van der Waals surface area (Å²) in [4.78, 5) is 28.2. The number of anilines is 1. The van der Waals surface area contributed by atoms with Crippen LogP contribution in [-0.4, -0.2) is 35.1 Å². The van der Waals surface area contributed by atoms with Gasteiger partial charge in [-0.1, -0.05) is 35.3 Å². The highest BCUT2D eigenvalue weighted by molar-refractivity contribution is 6.52. The Morgan fingerprint density at radius 3 is 2.35 bits per heavy atom. The Kier molecular flexibility index (Phi) is 7.66. The zero-order valence-electron chi connectivity index (χ0n) is 20.4. The van der Waals surface area contributed by atoms with Crippen molar-refractivity contribution in [3.05, 3.63) is 86.9 Å². The number of ketones is 1. The van der Waals surface area contributed by atoms with Crippen LogP contribution in [0.1, 0.15) is 36.6 Å². The number of Topliss-reactive ketones (excluding diaryl/α,β-unsaturated/α-hetero) is 1. The topological polar surface area (TPSA) is 96.3 Å². The molecule has 1 aliphatic rings. The van der Waals surface area contributed by atoms with Gasteiger partial charge < -0.3 is 19.7 Å². The minimum absolute atomic E-state index is 0.0967. The van der Waals surface area contributed by atoms with Gasteiger partial charge in [-0.15, -0.1) is 0 Å². The van der Waals surface area contributed by atoms with Gasteiger partial charge in [-0.25, -0.2) is 0 Å². The molecular weight excluding hydrogens is 517 g/mol. The first-order chi connectivity index (χ1) is 17.7. The lowest BCUT2D eigenvalue weighted by molar-refractivity contribution is -0.132. The number of aliphatic hydroxyl groups excluding tert-OH is 1. The smallest absolute Gasteiger partial charge is 0.300 e. The van der Waals surface area contributed by atoms with E-state index in [1.54, 1.807) is 57.2 Å². The van der Waals surface area contributed by atoms with Crippen molar-refractivity contribution in [3.8, 4) is 17.2 Å². The van der Waals surface area contributed by atoms with Crippen molar-refractivity contribution in [2.24, 2.45) is 0 Å². The molecule has 1 heterocycles. The highest BCUT2D eigenvalue weighted by Crippen LogP contribution is 2.46. The van der Waals surface area contributed by atoms with Crippen molar-refractivity contribution in [1.82, 2.24) is 0 Å². The maximum atomic E-state index is 13.5. The second kappa shape index (κ2) is 10.7. The van der Waals surface area contributed by atoms with Gasteiger partial charge in [0.2, 0.25) is 0 Å². The second-order valence-electron chi connectivity index (χ2n) is 8.29. The van der Waals surface area contributed by atoms with Crippen LogP contribution < -0.4 is 14.4 Å². The fourth-order valence-electron chi connectivity index (χ4n) is 4.30. The molecule has 192 valence electrons. The van der Waals surface area contributed by atoms with Gasteiger partial charge in [-0.2, -0.15) is 0 Å². The number of amides is 1. The van der Waals surface area contributed by atoms with Gasteiger partial charge in [0, 0.05) is 16.3 Å². The number of rotatable bonds is 7. The van der Waals surface area contributed by atoms with E-state index in [4.69, 9.17) is 32.7 Å². The van der Waals surface area contributed by atoms with Crippen LogP contribution in [0.2, 0.25) is 10.0 Å². The molecule has 1 atom stereocenters. The van der Waals surface area contributed by atoms with E-state index < -0.39 is 23.5 Å². The van der Waals surface area contributed by atoms with Crippen molar-refractivity contribution in [3.63, 3.8) is 0 Å². The van der Waals surface area contributed by atoms with Crippen LogP contribution in [0.25, 0.3) is 5.76 Å². The number of phenolic OH excluding ortho intramolecular Hbond substituents is 1.